The lowest BCUT2D eigenvalue weighted by molar-refractivity contribution is -0.153. The van der Waals surface area contributed by atoms with Crippen LogP contribution in [0.4, 0.5) is 5.69 Å². The molecule has 2 aromatic carbocycles. The summed E-state index contributed by atoms with van der Waals surface area (Å²) >= 11 is 0. The van der Waals surface area contributed by atoms with Crippen LogP contribution in [0.3, 0.4) is 0 Å². The van der Waals surface area contributed by atoms with Crippen LogP contribution in [0.25, 0.3) is 11.0 Å². The van der Waals surface area contributed by atoms with E-state index in [1.807, 2.05) is 6.07 Å². The van der Waals surface area contributed by atoms with Crippen LogP contribution in [0, 0.1) is 11.3 Å². The van der Waals surface area contributed by atoms with Gasteiger partial charge in [-0.05, 0) is 37.3 Å². The third-order valence-electron chi connectivity index (χ3n) is 5.26. The number of benzene rings is 2. The summed E-state index contributed by atoms with van der Waals surface area (Å²) < 4.78 is 32.9. The van der Waals surface area contributed by atoms with E-state index in [-0.39, 0.29) is 17.7 Å². The maximum atomic E-state index is 12.4. The molecule has 0 spiro atoms. The number of aryl methyl sites for hydroxylation is 2. The number of rotatable bonds is 8. The van der Waals surface area contributed by atoms with Gasteiger partial charge in [0.25, 0.3) is 5.91 Å². The molecule has 1 aromatic heterocycles. The molecule has 0 aliphatic heterocycles. The summed E-state index contributed by atoms with van der Waals surface area (Å²) in [5.74, 6) is -0.557. The van der Waals surface area contributed by atoms with E-state index in [2.05, 4.69) is 10.3 Å². The Morgan fingerprint density at radius 2 is 1.94 bits per heavy atom. The molecule has 1 heterocycles. The van der Waals surface area contributed by atoms with E-state index in [9.17, 15) is 18.0 Å². The number of nitriles is 1. The molecule has 11 heteroatoms. The molecule has 0 radical (unpaired) electrons. The zero-order chi connectivity index (χ0) is 25.0. The average molecular weight is 484 g/mol. The molecular weight excluding hydrogens is 458 g/mol. The van der Waals surface area contributed by atoms with E-state index in [0.717, 1.165) is 9.82 Å². The van der Waals surface area contributed by atoms with Crippen molar-refractivity contribution in [2.45, 2.75) is 30.8 Å². The highest BCUT2D eigenvalue weighted by molar-refractivity contribution is 7.89. The molecule has 34 heavy (non-hydrogen) atoms. The van der Waals surface area contributed by atoms with Crippen molar-refractivity contribution in [2.24, 2.45) is 7.05 Å². The Morgan fingerprint density at radius 1 is 1.24 bits per heavy atom. The Labute approximate surface area is 197 Å². The molecule has 0 bridgehead atoms. The number of nitrogens with one attached hydrogen (secondary N) is 1. The molecule has 1 N–H and O–H groups in total. The van der Waals surface area contributed by atoms with Gasteiger partial charge in [0.15, 0.2) is 6.10 Å². The number of nitrogens with zero attached hydrogens (tertiary/aromatic N) is 4. The first kappa shape index (κ1) is 24.9. The largest absolute Gasteiger partial charge is 0.453 e. The third kappa shape index (κ3) is 5.24. The second kappa shape index (κ2) is 10.0. The van der Waals surface area contributed by atoms with Crippen molar-refractivity contribution >= 4 is 38.6 Å². The summed E-state index contributed by atoms with van der Waals surface area (Å²) in [6.45, 7) is 1.45. The van der Waals surface area contributed by atoms with E-state index in [4.69, 9.17) is 10.00 Å². The maximum absolute atomic E-state index is 12.4. The van der Waals surface area contributed by atoms with Crippen LogP contribution in [0.5, 0.6) is 0 Å². The number of fused-ring (bicyclic) bond motifs is 1. The van der Waals surface area contributed by atoms with Crippen LogP contribution < -0.4 is 5.32 Å². The van der Waals surface area contributed by atoms with Crippen molar-refractivity contribution in [1.82, 2.24) is 13.9 Å². The zero-order valence-electron chi connectivity index (χ0n) is 19.3. The van der Waals surface area contributed by atoms with Gasteiger partial charge in [-0.15, -0.1) is 0 Å². The van der Waals surface area contributed by atoms with E-state index >= 15 is 0 Å². The van der Waals surface area contributed by atoms with Crippen LogP contribution in [0.15, 0.2) is 47.4 Å². The Bertz CT molecular complexity index is 1390. The summed E-state index contributed by atoms with van der Waals surface area (Å²) in [7, 11) is 1.10. The topological polar surface area (TPSA) is 134 Å². The monoisotopic (exact) mass is 483 g/mol. The van der Waals surface area contributed by atoms with Gasteiger partial charge in [-0.1, -0.05) is 12.1 Å². The first-order valence-electron chi connectivity index (χ1n) is 10.4. The second-order valence-electron chi connectivity index (χ2n) is 7.80. The minimum absolute atomic E-state index is 0.0214. The normalized spacial score (nSPS) is 12.4. The minimum Gasteiger partial charge on any atom is -0.453 e. The average Bonchev–Trinajstić information content (AvgIpc) is 3.12. The van der Waals surface area contributed by atoms with Crippen molar-refractivity contribution in [3.8, 4) is 6.07 Å². The Morgan fingerprint density at radius 3 is 2.62 bits per heavy atom. The molecule has 1 unspecified atom stereocenters. The predicted octanol–water partition coefficient (Wildman–Crippen LogP) is 2.20. The summed E-state index contributed by atoms with van der Waals surface area (Å²) in [6.07, 6.45) is -0.837. The van der Waals surface area contributed by atoms with Crippen LogP contribution in [0.2, 0.25) is 0 Å². The van der Waals surface area contributed by atoms with Crippen LogP contribution in [-0.4, -0.2) is 54.3 Å². The SMILES string of the molecule is CC(OC(=O)CCc1nc2cc(S(=O)(=O)N(C)C)ccc2n1C)C(=O)Nc1ccccc1C#N. The van der Waals surface area contributed by atoms with Crippen LogP contribution in [0.1, 0.15) is 24.7 Å². The standard InChI is InChI=1S/C23H25N5O5S/c1-15(23(30)26-18-8-6-5-7-16(18)14-24)33-22(29)12-11-21-25-19-13-17(34(31,32)27(2)3)9-10-20(19)28(21)4/h5-10,13,15H,11-12H2,1-4H3,(H,26,30). The molecule has 178 valence electrons. The van der Waals surface area contributed by atoms with Gasteiger partial charge < -0.3 is 14.6 Å². The fourth-order valence-electron chi connectivity index (χ4n) is 3.27. The maximum Gasteiger partial charge on any atom is 0.307 e. The van der Waals surface area contributed by atoms with Crippen LogP contribution in [-0.2, 0) is 37.8 Å². The number of aromatic nitrogens is 2. The minimum atomic E-state index is -3.59. The number of hydrogen-bond donors (Lipinski definition) is 1. The summed E-state index contributed by atoms with van der Waals surface area (Å²) in [5.41, 5.74) is 1.87. The molecule has 10 nitrogen and oxygen atoms in total. The predicted molar refractivity (Wildman–Crippen MR) is 125 cm³/mol. The molecule has 3 aromatic rings. The van der Waals surface area contributed by atoms with Crippen molar-refractivity contribution in [1.29, 1.82) is 5.26 Å². The molecule has 0 saturated carbocycles. The van der Waals surface area contributed by atoms with Crippen molar-refractivity contribution in [2.75, 3.05) is 19.4 Å². The van der Waals surface area contributed by atoms with E-state index in [1.54, 1.807) is 41.9 Å². The third-order valence-corrected chi connectivity index (χ3v) is 7.07. The van der Waals surface area contributed by atoms with Gasteiger partial charge in [0, 0.05) is 27.6 Å². The highest BCUT2D eigenvalue weighted by Gasteiger charge is 2.21. The smallest absolute Gasteiger partial charge is 0.307 e. The number of anilines is 1. The van der Waals surface area contributed by atoms with Crippen molar-refractivity contribution < 1.29 is 22.7 Å². The molecule has 1 atom stereocenters. The highest BCUT2D eigenvalue weighted by Crippen LogP contribution is 2.22. The van der Waals surface area contributed by atoms with E-state index in [1.165, 1.54) is 33.2 Å². The number of hydrogen-bond acceptors (Lipinski definition) is 7. The number of esters is 1. The van der Waals surface area contributed by atoms with Crippen molar-refractivity contribution in [3.63, 3.8) is 0 Å². The Hall–Kier alpha value is -3.75. The molecule has 1 amide bonds. The first-order chi connectivity index (χ1) is 16.0. The second-order valence-corrected chi connectivity index (χ2v) is 9.96. The number of sulfonamides is 1. The summed E-state index contributed by atoms with van der Waals surface area (Å²) in [5, 5.41) is 11.7. The first-order valence-corrected chi connectivity index (χ1v) is 11.9. The lowest BCUT2D eigenvalue weighted by atomic mass is 10.2. The number of para-hydroxylation sites is 1. The Balaban J connectivity index is 1.64. The van der Waals surface area contributed by atoms with Gasteiger partial charge in [-0.3, -0.25) is 9.59 Å². The fourth-order valence-corrected chi connectivity index (χ4v) is 4.19. The van der Waals surface area contributed by atoms with Gasteiger partial charge in [-0.25, -0.2) is 17.7 Å². The van der Waals surface area contributed by atoms with E-state index in [0.29, 0.717) is 22.6 Å². The summed E-state index contributed by atoms with van der Waals surface area (Å²) in [4.78, 5) is 29.3. The van der Waals surface area contributed by atoms with Gasteiger partial charge in [0.05, 0.1) is 33.6 Å². The summed E-state index contributed by atoms with van der Waals surface area (Å²) in [6, 6.07) is 13.2. The number of ether oxygens (including phenoxy) is 1. The van der Waals surface area contributed by atoms with Gasteiger partial charge in [0.2, 0.25) is 10.0 Å². The molecule has 0 aliphatic carbocycles. The van der Waals surface area contributed by atoms with Gasteiger partial charge in [-0.2, -0.15) is 5.26 Å². The molecular formula is C23H25N5O5S. The lowest BCUT2D eigenvalue weighted by Gasteiger charge is -2.14. The fraction of sp³-hybridized carbons (Fsp3) is 0.304. The molecule has 3 rings (SSSR count). The molecule has 0 saturated heterocycles. The number of amides is 1. The van der Waals surface area contributed by atoms with E-state index < -0.39 is 28.0 Å². The van der Waals surface area contributed by atoms with Gasteiger partial charge in [0.1, 0.15) is 11.9 Å². The zero-order valence-corrected chi connectivity index (χ0v) is 20.1. The number of carbonyl (C=O) groups excluding carboxylic acids is 2. The Kier molecular flexibility index (Phi) is 7.34. The quantitative estimate of drug-likeness (QED) is 0.485. The number of imidazole rings is 1. The molecule has 0 aliphatic rings. The van der Waals surface area contributed by atoms with Gasteiger partial charge >= 0.3 is 5.97 Å². The van der Waals surface area contributed by atoms with Crippen LogP contribution >= 0.6 is 0 Å². The highest BCUT2D eigenvalue weighted by atomic mass is 32.2. The van der Waals surface area contributed by atoms with Crippen molar-refractivity contribution in [3.05, 3.63) is 53.9 Å². The number of carbonyl (C=O) groups is 2. The lowest BCUT2D eigenvalue weighted by Crippen LogP contribution is -2.30. The molecule has 0 fully saturated rings.